The van der Waals surface area contributed by atoms with Crippen molar-refractivity contribution in [1.29, 1.82) is 0 Å². The van der Waals surface area contributed by atoms with Crippen molar-refractivity contribution in [2.45, 2.75) is 42.2 Å². The van der Waals surface area contributed by atoms with Gasteiger partial charge in [-0.25, -0.2) is 13.2 Å². The van der Waals surface area contributed by atoms with Crippen LogP contribution < -0.4 is 9.64 Å². The van der Waals surface area contributed by atoms with Gasteiger partial charge in [0.1, 0.15) is 41.4 Å². The first-order valence-corrected chi connectivity index (χ1v) is 14.9. The highest BCUT2D eigenvalue weighted by atomic mass is 79.9. The van der Waals surface area contributed by atoms with Gasteiger partial charge in [-0.3, -0.25) is 9.88 Å². The standard InChI is InChI=1S/C31H27BrF3N5O2/c1-2-21-24(34)5-4-17-10-20(41)11-22(25(17)21)27-26(35)28-23(13-36-27)29(39-9-6-18(32)14-39)38-30(37-28)42-16-31-7-3-8-40(31)15-19(33)12-31/h1,4-5,10-11,13,18-19,41H,3,6-9,12,14-16H2. The molecule has 0 aliphatic carbocycles. The Morgan fingerprint density at radius 3 is 2.83 bits per heavy atom. The zero-order valence-electron chi connectivity index (χ0n) is 22.6. The van der Waals surface area contributed by atoms with E-state index < -0.39 is 23.3 Å². The fourth-order valence-corrected chi connectivity index (χ4v) is 7.38. The van der Waals surface area contributed by atoms with E-state index in [1.165, 1.54) is 30.5 Å². The minimum atomic E-state index is -0.914. The summed E-state index contributed by atoms with van der Waals surface area (Å²) in [6.45, 7) is 2.73. The quantitative estimate of drug-likeness (QED) is 0.221. The first-order valence-electron chi connectivity index (χ1n) is 14.0. The van der Waals surface area contributed by atoms with Gasteiger partial charge < -0.3 is 14.7 Å². The van der Waals surface area contributed by atoms with Crippen LogP contribution in [-0.2, 0) is 0 Å². The number of phenols is 1. The van der Waals surface area contributed by atoms with Crippen LogP contribution in [0.15, 0.2) is 30.5 Å². The molecule has 3 saturated heterocycles. The number of aromatic hydroxyl groups is 1. The summed E-state index contributed by atoms with van der Waals surface area (Å²) in [6.07, 6.45) is 9.24. The molecule has 2 aromatic heterocycles. The first kappa shape index (κ1) is 27.2. The van der Waals surface area contributed by atoms with E-state index >= 15 is 4.39 Å². The van der Waals surface area contributed by atoms with Gasteiger partial charge in [-0.1, -0.05) is 27.9 Å². The molecule has 42 heavy (non-hydrogen) atoms. The second-order valence-corrected chi connectivity index (χ2v) is 12.7. The zero-order chi connectivity index (χ0) is 29.2. The van der Waals surface area contributed by atoms with Gasteiger partial charge in [0.15, 0.2) is 5.82 Å². The molecule has 2 aromatic carbocycles. The van der Waals surface area contributed by atoms with Crippen LogP contribution in [0.4, 0.5) is 19.0 Å². The van der Waals surface area contributed by atoms with Crippen LogP contribution >= 0.6 is 15.9 Å². The molecule has 5 heterocycles. The summed E-state index contributed by atoms with van der Waals surface area (Å²) in [6, 6.07) is 5.43. The number of ether oxygens (including phenoxy) is 1. The molecule has 1 N–H and O–H groups in total. The molecule has 7 rings (SSSR count). The Kier molecular flexibility index (Phi) is 6.66. The molecule has 0 spiro atoms. The molecule has 11 heteroatoms. The van der Waals surface area contributed by atoms with Crippen molar-refractivity contribution in [3.05, 3.63) is 47.7 Å². The number of hydrogen-bond acceptors (Lipinski definition) is 7. The van der Waals surface area contributed by atoms with E-state index in [-0.39, 0.29) is 50.9 Å². The maximum absolute atomic E-state index is 16.6. The average molecular weight is 638 g/mol. The minimum absolute atomic E-state index is 0.00812. The van der Waals surface area contributed by atoms with E-state index in [1.54, 1.807) is 0 Å². The lowest BCUT2D eigenvalue weighted by molar-refractivity contribution is 0.107. The van der Waals surface area contributed by atoms with Gasteiger partial charge in [0, 0.05) is 48.0 Å². The van der Waals surface area contributed by atoms with E-state index in [2.05, 4.69) is 36.7 Å². The molecular weight excluding hydrogens is 611 g/mol. The van der Waals surface area contributed by atoms with Crippen molar-refractivity contribution in [3.63, 3.8) is 0 Å². The zero-order valence-corrected chi connectivity index (χ0v) is 24.2. The molecule has 0 radical (unpaired) electrons. The number of aromatic nitrogens is 3. The highest BCUT2D eigenvalue weighted by molar-refractivity contribution is 9.09. The Balaban J connectivity index is 1.38. The molecule has 3 aliphatic rings. The molecular formula is C31H27BrF3N5O2. The lowest BCUT2D eigenvalue weighted by atomic mass is 9.95. The number of hydrogen-bond donors (Lipinski definition) is 1. The van der Waals surface area contributed by atoms with Crippen LogP contribution in [0.5, 0.6) is 11.8 Å². The molecule has 0 saturated carbocycles. The lowest BCUT2D eigenvalue weighted by Gasteiger charge is -2.31. The van der Waals surface area contributed by atoms with Crippen LogP contribution in [0.1, 0.15) is 31.2 Å². The highest BCUT2D eigenvalue weighted by Crippen LogP contribution is 2.42. The van der Waals surface area contributed by atoms with Gasteiger partial charge in [-0.2, -0.15) is 9.97 Å². The van der Waals surface area contributed by atoms with Crippen molar-refractivity contribution < 1.29 is 23.0 Å². The van der Waals surface area contributed by atoms with Crippen LogP contribution in [0.25, 0.3) is 32.9 Å². The number of alkyl halides is 2. The Bertz CT molecular complexity index is 1780. The summed E-state index contributed by atoms with van der Waals surface area (Å²) >= 11 is 3.66. The van der Waals surface area contributed by atoms with E-state index in [4.69, 9.17) is 16.1 Å². The second-order valence-electron chi connectivity index (χ2n) is 11.4. The Morgan fingerprint density at radius 1 is 1.19 bits per heavy atom. The molecule has 7 nitrogen and oxygen atoms in total. The minimum Gasteiger partial charge on any atom is -0.508 e. The third-order valence-corrected chi connectivity index (χ3v) is 9.50. The van der Waals surface area contributed by atoms with Crippen molar-refractivity contribution in [1.82, 2.24) is 19.9 Å². The molecule has 216 valence electrons. The molecule has 4 aromatic rings. The van der Waals surface area contributed by atoms with Crippen molar-refractivity contribution in [2.24, 2.45) is 0 Å². The third kappa shape index (κ3) is 4.43. The van der Waals surface area contributed by atoms with Gasteiger partial charge >= 0.3 is 6.01 Å². The Morgan fingerprint density at radius 2 is 2.05 bits per heavy atom. The largest absolute Gasteiger partial charge is 0.508 e. The first-order chi connectivity index (χ1) is 20.3. The maximum atomic E-state index is 16.6. The molecule has 3 unspecified atom stereocenters. The van der Waals surface area contributed by atoms with Crippen molar-refractivity contribution in [2.75, 3.05) is 37.7 Å². The van der Waals surface area contributed by atoms with E-state index in [1.807, 2.05) is 4.90 Å². The van der Waals surface area contributed by atoms with Gasteiger partial charge in [0.2, 0.25) is 0 Å². The predicted molar refractivity (Wildman–Crippen MR) is 158 cm³/mol. The summed E-state index contributed by atoms with van der Waals surface area (Å²) < 4.78 is 51.8. The number of pyridine rings is 1. The number of fused-ring (bicyclic) bond motifs is 3. The maximum Gasteiger partial charge on any atom is 0.319 e. The van der Waals surface area contributed by atoms with Crippen LogP contribution in [0.3, 0.4) is 0 Å². The second kappa shape index (κ2) is 10.3. The van der Waals surface area contributed by atoms with Gasteiger partial charge in [-0.15, -0.1) is 6.42 Å². The number of rotatable bonds is 5. The highest BCUT2D eigenvalue weighted by Gasteiger charge is 2.49. The van der Waals surface area contributed by atoms with Gasteiger partial charge in [-0.05, 0) is 49.4 Å². The fourth-order valence-electron chi connectivity index (χ4n) is 6.83. The van der Waals surface area contributed by atoms with E-state index in [0.717, 1.165) is 25.8 Å². The summed E-state index contributed by atoms with van der Waals surface area (Å²) in [4.78, 5) is 18.0. The molecule has 3 fully saturated rings. The fraction of sp³-hybridized carbons (Fsp3) is 0.387. The molecule has 0 amide bonds. The van der Waals surface area contributed by atoms with Crippen LogP contribution in [-0.4, -0.2) is 74.3 Å². The summed E-state index contributed by atoms with van der Waals surface area (Å²) in [5, 5.41) is 11.5. The normalized spacial score (nSPS) is 24.0. The molecule has 3 aliphatic heterocycles. The smallest absolute Gasteiger partial charge is 0.319 e. The summed E-state index contributed by atoms with van der Waals surface area (Å²) in [5.74, 6) is 1.28. The SMILES string of the molecule is C#Cc1c(F)ccc2cc(O)cc(-c3ncc4c(N5CCC(Br)C5)nc(OCC56CCCN5CC(F)C6)nc4c3F)c12. The average Bonchev–Trinajstić information content (AvgIpc) is 3.65. The third-order valence-electron chi connectivity index (χ3n) is 8.76. The van der Waals surface area contributed by atoms with Crippen molar-refractivity contribution in [3.8, 4) is 35.4 Å². The van der Waals surface area contributed by atoms with E-state index in [0.29, 0.717) is 42.6 Å². The Labute approximate surface area is 248 Å². The molecule has 0 bridgehead atoms. The van der Waals surface area contributed by atoms with Crippen molar-refractivity contribution >= 4 is 43.4 Å². The number of terminal acetylenes is 1. The van der Waals surface area contributed by atoms with E-state index in [9.17, 15) is 13.9 Å². The van der Waals surface area contributed by atoms with Gasteiger partial charge in [0.25, 0.3) is 0 Å². The number of halogens is 4. The number of anilines is 1. The Hall–Kier alpha value is -3.62. The summed E-state index contributed by atoms with van der Waals surface area (Å²) in [7, 11) is 0. The van der Waals surface area contributed by atoms with Gasteiger partial charge in [0.05, 0.1) is 16.5 Å². The topological polar surface area (TPSA) is 74.6 Å². The monoisotopic (exact) mass is 637 g/mol. The predicted octanol–water partition coefficient (Wildman–Crippen LogP) is 5.74. The number of phenolic OH excluding ortho intramolecular Hbond substituents is 1. The number of nitrogens with zero attached hydrogens (tertiary/aromatic N) is 5. The van der Waals surface area contributed by atoms with Crippen LogP contribution in [0.2, 0.25) is 0 Å². The van der Waals surface area contributed by atoms with Crippen LogP contribution in [0, 0.1) is 24.0 Å². The lowest BCUT2D eigenvalue weighted by Crippen LogP contribution is -2.43. The molecule has 3 atom stereocenters. The number of benzene rings is 2. The summed E-state index contributed by atoms with van der Waals surface area (Å²) in [5.41, 5.74) is -0.507.